The maximum absolute atomic E-state index is 5.48. The lowest BCUT2D eigenvalue weighted by molar-refractivity contribution is 0.174. The average Bonchev–Trinajstić information content (AvgIpc) is 2.85. The van der Waals surface area contributed by atoms with Crippen LogP contribution in [0.25, 0.3) is 10.9 Å². The number of fused-ring (bicyclic) bond motifs is 2. The number of hydrogen-bond acceptors (Lipinski definition) is 5. The first-order valence-corrected chi connectivity index (χ1v) is 7.85. The topological polar surface area (TPSA) is 37.8 Å². The lowest BCUT2D eigenvalue weighted by atomic mass is 10.1. The van der Waals surface area contributed by atoms with E-state index < -0.39 is 0 Å². The van der Waals surface area contributed by atoms with Crippen LogP contribution in [0.3, 0.4) is 0 Å². The summed E-state index contributed by atoms with van der Waals surface area (Å²) in [4.78, 5) is 9.65. The second-order valence-corrected chi connectivity index (χ2v) is 6.16. The Morgan fingerprint density at radius 2 is 1.82 bits per heavy atom. The van der Waals surface area contributed by atoms with Crippen molar-refractivity contribution in [2.75, 3.05) is 44.9 Å². The number of aryl methyl sites for hydroxylation is 1. The zero-order valence-electron chi connectivity index (χ0n) is 13.1. The normalized spacial score (nSPS) is 18.7. The van der Waals surface area contributed by atoms with Crippen LogP contribution in [0.5, 0.6) is 11.5 Å². The highest BCUT2D eigenvalue weighted by molar-refractivity contribution is 5.87. The molecule has 116 valence electrons. The van der Waals surface area contributed by atoms with Crippen LogP contribution in [-0.4, -0.2) is 49.9 Å². The van der Waals surface area contributed by atoms with Crippen molar-refractivity contribution in [1.29, 1.82) is 0 Å². The van der Waals surface area contributed by atoms with Crippen LogP contribution in [0.4, 0.5) is 5.82 Å². The van der Waals surface area contributed by atoms with E-state index in [1.807, 2.05) is 12.1 Å². The summed E-state index contributed by atoms with van der Waals surface area (Å²) in [6.07, 6.45) is 1.18. The van der Waals surface area contributed by atoms with Gasteiger partial charge in [0.25, 0.3) is 0 Å². The van der Waals surface area contributed by atoms with Gasteiger partial charge in [0.1, 0.15) is 5.82 Å². The second-order valence-electron chi connectivity index (χ2n) is 6.16. The van der Waals surface area contributed by atoms with E-state index in [0.717, 1.165) is 54.4 Å². The number of aromatic nitrogens is 1. The predicted molar refractivity (Wildman–Crippen MR) is 86.9 cm³/mol. The molecule has 0 spiro atoms. The Labute approximate surface area is 130 Å². The molecule has 1 saturated heterocycles. The number of likely N-dealkylation sites (N-methyl/N-ethyl adjacent to an activating group) is 1. The largest absolute Gasteiger partial charge is 0.454 e. The fourth-order valence-electron chi connectivity index (χ4n) is 3.20. The van der Waals surface area contributed by atoms with Crippen LogP contribution >= 0.6 is 0 Å². The molecule has 1 aromatic heterocycles. The van der Waals surface area contributed by atoms with Crippen molar-refractivity contribution in [1.82, 2.24) is 9.88 Å². The third-order valence-corrected chi connectivity index (χ3v) is 4.54. The number of hydrogen-bond donors (Lipinski definition) is 0. The van der Waals surface area contributed by atoms with Gasteiger partial charge in [-0.05, 0) is 44.6 Å². The molecule has 0 aliphatic carbocycles. The molecule has 0 atom stereocenters. The van der Waals surface area contributed by atoms with Gasteiger partial charge in [0.2, 0.25) is 6.79 Å². The summed E-state index contributed by atoms with van der Waals surface area (Å²) in [5.74, 6) is 2.69. The average molecular weight is 299 g/mol. The quantitative estimate of drug-likeness (QED) is 0.808. The summed E-state index contributed by atoms with van der Waals surface area (Å²) in [6.45, 7) is 6.77. The molecule has 5 heteroatoms. The van der Waals surface area contributed by atoms with Gasteiger partial charge in [-0.1, -0.05) is 0 Å². The van der Waals surface area contributed by atoms with E-state index in [-0.39, 0.29) is 0 Å². The van der Waals surface area contributed by atoms with Crippen LogP contribution in [-0.2, 0) is 0 Å². The molecule has 0 unspecified atom stereocenters. The lowest BCUT2D eigenvalue weighted by Gasteiger charge is -2.22. The molecule has 2 aromatic rings. The summed E-state index contributed by atoms with van der Waals surface area (Å²) in [5.41, 5.74) is 2.22. The number of ether oxygens (including phenoxy) is 2. The van der Waals surface area contributed by atoms with E-state index in [9.17, 15) is 0 Å². The van der Waals surface area contributed by atoms with Crippen LogP contribution in [0, 0.1) is 6.92 Å². The van der Waals surface area contributed by atoms with Gasteiger partial charge < -0.3 is 19.3 Å². The van der Waals surface area contributed by atoms with Gasteiger partial charge in [0, 0.05) is 31.1 Å². The van der Waals surface area contributed by atoms with Gasteiger partial charge >= 0.3 is 0 Å². The number of benzene rings is 1. The lowest BCUT2D eigenvalue weighted by Crippen LogP contribution is -2.29. The maximum atomic E-state index is 5.48. The Kier molecular flexibility index (Phi) is 3.30. The molecule has 0 N–H and O–H groups in total. The van der Waals surface area contributed by atoms with Crippen molar-refractivity contribution in [3.63, 3.8) is 0 Å². The smallest absolute Gasteiger partial charge is 0.231 e. The van der Waals surface area contributed by atoms with Crippen molar-refractivity contribution < 1.29 is 9.47 Å². The molecule has 5 nitrogen and oxygen atoms in total. The first kappa shape index (κ1) is 13.6. The Morgan fingerprint density at radius 1 is 1.00 bits per heavy atom. The predicted octanol–water partition coefficient (Wildman–Crippen LogP) is 2.41. The molecule has 0 radical (unpaired) electrons. The van der Waals surface area contributed by atoms with Gasteiger partial charge in [-0.3, -0.25) is 0 Å². The van der Waals surface area contributed by atoms with Crippen LogP contribution in [0.15, 0.2) is 18.2 Å². The van der Waals surface area contributed by atoms with Gasteiger partial charge in [-0.15, -0.1) is 0 Å². The van der Waals surface area contributed by atoms with Crippen molar-refractivity contribution in [3.05, 3.63) is 23.8 Å². The van der Waals surface area contributed by atoms with Crippen molar-refractivity contribution >= 4 is 16.7 Å². The molecule has 3 heterocycles. The maximum Gasteiger partial charge on any atom is 0.231 e. The Hall–Kier alpha value is -2.01. The molecule has 0 saturated carbocycles. The van der Waals surface area contributed by atoms with Crippen molar-refractivity contribution in [2.45, 2.75) is 13.3 Å². The molecular formula is C17H21N3O2. The van der Waals surface area contributed by atoms with E-state index in [1.165, 1.54) is 12.0 Å². The van der Waals surface area contributed by atoms with Gasteiger partial charge in [-0.2, -0.15) is 0 Å². The molecule has 2 aliphatic rings. The van der Waals surface area contributed by atoms with Gasteiger partial charge in [-0.25, -0.2) is 4.98 Å². The van der Waals surface area contributed by atoms with E-state index >= 15 is 0 Å². The van der Waals surface area contributed by atoms with E-state index in [0.29, 0.717) is 6.79 Å². The summed E-state index contributed by atoms with van der Waals surface area (Å²) in [7, 11) is 2.18. The first-order valence-electron chi connectivity index (χ1n) is 7.85. The minimum Gasteiger partial charge on any atom is -0.454 e. The molecule has 22 heavy (non-hydrogen) atoms. The SMILES string of the molecule is Cc1cc(N2CCCN(C)CC2)nc2cc3c(cc12)OCO3. The third-order valence-electron chi connectivity index (χ3n) is 4.54. The van der Waals surface area contributed by atoms with Gasteiger partial charge in [0.15, 0.2) is 11.5 Å². The molecule has 1 aromatic carbocycles. The molecule has 2 aliphatic heterocycles. The number of nitrogens with zero attached hydrogens (tertiary/aromatic N) is 3. The minimum absolute atomic E-state index is 0.302. The zero-order valence-corrected chi connectivity index (χ0v) is 13.1. The number of pyridine rings is 1. The third kappa shape index (κ3) is 2.35. The zero-order chi connectivity index (χ0) is 15.1. The van der Waals surface area contributed by atoms with E-state index in [1.54, 1.807) is 0 Å². The van der Waals surface area contributed by atoms with Crippen LogP contribution < -0.4 is 14.4 Å². The molecule has 1 fully saturated rings. The monoisotopic (exact) mass is 299 g/mol. The highest BCUT2D eigenvalue weighted by Gasteiger charge is 2.18. The highest BCUT2D eigenvalue weighted by atomic mass is 16.7. The van der Waals surface area contributed by atoms with Crippen LogP contribution in [0.2, 0.25) is 0 Å². The summed E-state index contributed by atoms with van der Waals surface area (Å²) >= 11 is 0. The summed E-state index contributed by atoms with van der Waals surface area (Å²) in [5, 5.41) is 1.14. The summed E-state index contributed by atoms with van der Waals surface area (Å²) < 4.78 is 11.0. The Bertz CT molecular complexity index is 717. The first-order chi connectivity index (χ1) is 10.7. The van der Waals surface area contributed by atoms with E-state index in [4.69, 9.17) is 14.5 Å². The van der Waals surface area contributed by atoms with Crippen molar-refractivity contribution in [3.8, 4) is 11.5 Å². The molecular weight excluding hydrogens is 278 g/mol. The van der Waals surface area contributed by atoms with Gasteiger partial charge in [0.05, 0.1) is 5.52 Å². The minimum atomic E-state index is 0.302. The number of anilines is 1. The highest BCUT2D eigenvalue weighted by Crippen LogP contribution is 2.37. The number of rotatable bonds is 1. The second kappa shape index (κ2) is 5.32. The standard InChI is InChI=1S/C17H21N3O2/c1-12-8-17(20-5-3-4-19(2)6-7-20)18-14-10-16-15(9-13(12)14)21-11-22-16/h8-10H,3-7,11H2,1-2H3. The van der Waals surface area contributed by atoms with Crippen molar-refractivity contribution in [2.24, 2.45) is 0 Å². The fourth-order valence-corrected chi connectivity index (χ4v) is 3.20. The Balaban J connectivity index is 1.74. The fraction of sp³-hybridized carbons (Fsp3) is 0.471. The van der Waals surface area contributed by atoms with E-state index in [2.05, 4.69) is 29.8 Å². The Morgan fingerprint density at radius 3 is 2.68 bits per heavy atom. The summed E-state index contributed by atoms with van der Waals surface area (Å²) in [6, 6.07) is 6.23. The molecule has 0 amide bonds. The van der Waals surface area contributed by atoms with Crippen LogP contribution in [0.1, 0.15) is 12.0 Å². The molecule has 4 rings (SSSR count). The molecule has 0 bridgehead atoms.